The highest BCUT2D eigenvalue weighted by Gasteiger charge is 2.18. The van der Waals surface area contributed by atoms with Crippen LogP contribution < -0.4 is 4.74 Å². The van der Waals surface area contributed by atoms with Crippen LogP contribution in [0.1, 0.15) is 26.3 Å². The van der Waals surface area contributed by atoms with Crippen LogP contribution >= 0.6 is 15.9 Å². The molecule has 0 N–H and O–H groups in total. The van der Waals surface area contributed by atoms with Crippen molar-refractivity contribution >= 4 is 21.5 Å². The minimum absolute atomic E-state index is 0.0693. The third-order valence-corrected chi connectivity index (χ3v) is 2.71. The Morgan fingerprint density at radius 2 is 1.87 bits per heavy atom. The largest absolute Gasteiger partial charge is 0.494 e. The lowest BCUT2D eigenvalue weighted by atomic mass is 9.97. The van der Waals surface area contributed by atoms with Gasteiger partial charge < -0.3 is 4.74 Å². The zero-order valence-electron chi connectivity index (χ0n) is 9.51. The molecule has 0 heterocycles. The molecule has 1 rings (SSSR count). The molecule has 0 amide bonds. The van der Waals surface area contributed by atoms with E-state index in [-0.39, 0.29) is 4.32 Å². The lowest BCUT2D eigenvalue weighted by Gasteiger charge is -2.20. The number of allylic oxidation sites excluding steroid dienone is 1. The van der Waals surface area contributed by atoms with E-state index in [1.165, 1.54) is 0 Å². The molecule has 15 heavy (non-hydrogen) atoms. The fourth-order valence-corrected chi connectivity index (χ4v) is 1.49. The van der Waals surface area contributed by atoms with Gasteiger partial charge in [-0.05, 0) is 44.0 Å². The van der Waals surface area contributed by atoms with Crippen LogP contribution in [0.15, 0.2) is 30.8 Å². The Hall–Kier alpha value is -0.760. The summed E-state index contributed by atoms with van der Waals surface area (Å²) in [6.07, 6.45) is 0. The number of halogens is 1. The van der Waals surface area contributed by atoms with Crippen LogP contribution in [0.4, 0.5) is 0 Å². The summed E-state index contributed by atoms with van der Waals surface area (Å²) >= 11 is 3.60. The van der Waals surface area contributed by atoms with Crippen molar-refractivity contribution in [2.24, 2.45) is 0 Å². The predicted molar refractivity (Wildman–Crippen MR) is 69.7 cm³/mol. The van der Waals surface area contributed by atoms with Gasteiger partial charge in [-0.2, -0.15) is 0 Å². The average Bonchev–Trinajstić information content (AvgIpc) is 2.17. The number of hydrogen-bond donors (Lipinski definition) is 0. The highest BCUT2D eigenvalue weighted by Crippen LogP contribution is 2.33. The van der Waals surface area contributed by atoms with Crippen LogP contribution in [0.2, 0.25) is 0 Å². The summed E-state index contributed by atoms with van der Waals surface area (Å²) < 4.78 is 5.32. The highest BCUT2D eigenvalue weighted by molar-refractivity contribution is 9.10. The molecule has 0 saturated carbocycles. The number of ether oxygens (including phenoxy) is 1. The summed E-state index contributed by atoms with van der Waals surface area (Å²) in [5.41, 5.74) is 2.21. The lowest BCUT2D eigenvalue weighted by molar-refractivity contribution is 0.340. The Balaban J connectivity index is 2.85. The molecule has 0 aliphatic rings. The molecule has 0 unspecified atom stereocenters. The van der Waals surface area contributed by atoms with E-state index >= 15 is 0 Å². The number of rotatable bonds is 4. The summed E-state index contributed by atoms with van der Waals surface area (Å²) in [6, 6.07) is 8.03. The van der Waals surface area contributed by atoms with Crippen LogP contribution in [-0.4, -0.2) is 10.9 Å². The molecule has 0 saturated heterocycles. The van der Waals surface area contributed by atoms with Gasteiger partial charge in [-0.1, -0.05) is 34.6 Å². The summed E-state index contributed by atoms with van der Waals surface area (Å²) in [4.78, 5) is 0. The second-order valence-corrected chi connectivity index (χ2v) is 5.89. The molecule has 1 nitrogen and oxygen atoms in total. The van der Waals surface area contributed by atoms with Crippen molar-refractivity contribution in [1.82, 2.24) is 0 Å². The third kappa shape index (κ3) is 3.38. The number of hydrogen-bond acceptors (Lipinski definition) is 1. The van der Waals surface area contributed by atoms with E-state index in [1.807, 2.05) is 31.2 Å². The van der Waals surface area contributed by atoms with Crippen molar-refractivity contribution in [3.8, 4) is 5.75 Å². The molecular formula is C13H17BrO. The summed E-state index contributed by atoms with van der Waals surface area (Å²) in [7, 11) is 0. The molecule has 1 aromatic rings. The van der Waals surface area contributed by atoms with E-state index in [2.05, 4.69) is 36.4 Å². The SMILES string of the molecule is C=C(c1ccc(OCC)cc1)C(C)(C)Br. The first-order chi connectivity index (χ1) is 6.95. The van der Waals surface area contributed by atoms with E-state index in [0.717, 1.165) is 16.9 Å². The molecule has 0 radical (unpaired) electrons. The van der Waals surface area contributed by atoms with E-state index in [0.29, 0.717) is 6.61 Å². The van der Waals surface area contributed by atoms with Crippen LogP contribution in [0.3, 0.4) is 0 Å². The standard InChI is InChI=1S/C13H17BrO/c1-5-15-12-8-6-11(7-9-12)10(2)13(3,4)14/h6-9H,2,5H2,1,3-4H3. The molecule has 1 aromatic carbocycles. The first-order valence-corrected chi connectivity index (χ1v) is 5.86. The molecule has 82 valence electrons. The molecule has 0 bridgehead atoms. The van der Waals surface area contributed by atoms with Gasteiger partial charge in [0.2, 0.25) is 0 Å². The summed E-state index contributed by atoms with van der Waals surface area (Å²) in [5.74, 6) is 0.904. The molecule has 0 atom stereocenters. The van der Waals surface area contributed by atoms with Crippen molar-refractivity contribution in [3.63, 3.8) is 0 Å². The second kappa shape index (κ2) is 4.84. The van der Waals surface area contributed by atoms with Crippen molar-refractivity contribution in [1.29, 1.82) is 0 Å². The van der Waals surface area contributed by atoms with Gasteiger partial charge in [0.1, 0.15) is 5.75 Å². The van der Waals surface area contributed by atoms with Crippen molar-refractivity contribution in [3.05, 3.63) is 36.4 Å². The maximum atomic E-state index is 5.38. The smallest absolute Gasteiger partial charge is 0.119 e. The topological polar surface area (TPSA) is 9.23 Å². The molecule has 0 aliphatic heterocycles. The Kier molecular flexibility index (Phi) is 3.97. The molecule has 0 spiro atoms. The highest BCUT2D eigenvalue weighted by atomic mass is 79.9. The van der Waals surface area contributed by atoms with Crippen LogP contribution in [-0.2, 0) is 0 Å². The third-order valence-electron chi connectivity index (χ3n) is 2.23. The molecule has 2 heteroatoms. The van der Waals surface area contributed by atoms with E-state index in [1.54, 1.807) is 0 Å². The van der Waals surface area contributed by atoms with Gasteiger partial charge >= 0.3 is 0 Å². The van der Waals surface area contributed by atoms with Crippen LogP contribution in [0, 0.1) is 0 Å². The Bertz CT molecular complexity index is 333. The fraction of sp³-hybridized carbons (Fsp3) is 0.385. The Morgan fingerprint density at radius 1 is 1.33 bits per heavy atom. The van der Waals surface area contributed by atoms with E-state index < -0.39 is 0 Å². The van der Waals surface area contributed by atoms with Gasteiger partial charge in [-0.25, -0.2) is 0 Å². The zero-order chi connectivity index (χ0) is 11.5. The van der Waals surface area contributed by atoms with Gasteiger partial charge in [0.15, 0.2) is 0 Å². The molecular weight excluding hydrogens is 252 g/mol. The Morgan fingerprint density at radius 3 is 2.27 bits per heavy atom. The maximum Gasteiger partial charge on any atom is 0.119 e. The minimum Gasteiger partial charge on any atom is -0.494 e. The van der Waals surface area contributed by atoms with Gasteiger partial charge in [0, 0.05) is 4.32 Å². The minimum atomic E-state index is -0.0693. The van der Waals surface area contributed by atoms with Crippen molar-refractivity contribution in [2.75, 3.05) is 6.61 Å². The lowest BCUT2D eigenvalue weighted by Crippen LogP contribution is -2.10. The van der Waals surface area contributed by atoms with Crippen molar-refractivity contribution < 1.29 is 4.74 Å². The van der Waals surface area contributed by atoms with E-state index in [4.69, 9.17) is 4.74 Å². The normalized spacial score (nSPS) is 11.2. The maximum absolute atomic E-state index is 5.38. The van der Waals surface area contributed by atoms with Gasteiger partial charge in [0.25, 0.3) is 0 Å². The molecule has 0 aliphatic carbocycles. The van der Waals surface area contributed by atoms with Crippen LogP contribution in [0.5, 0.6) is 5.75 Å². The van der Waals surface area contributed by atoms with Gasteiger partial charge in [0.05, 0.1) is 6.61 Å². The van der Waals surface area contributed by atoms with Gasteiger partial charge in [-0.3, -0.25) is 0 Å². The first kappa shape index (κ1) is 12.3. The average molecular weight is 269 g/mol. The van der Waals surface area contributed by atoms with Crippen molar-refractivity contribution in [2.45, 2.75) is 25.1 Å². The fourth-order valence-electron chi connectivity index (χ4n) is 1.26. The first-order valence-electron chi connectivity index (χ1n) is 5.06. The predicted octanol–water partition coefficient (Wildman–Crippen LogP) is 4.27. The quantitative estimate of drug-likeness (QED) is 0.741. The molecule has 0 fully saturated rings. The zero-order valence-corrected chi connectivity index (χ0v) is 11.1. The monoisotopic (exact) mass is 268 g/mol. The summed E-state index contributed by atoms with van der Waals surface area (Å²) in [5, 5.41) is 0. The number of benzene rings is 1. The number of alkyl halides is 1. The second-order valence-electron chi connectivity index (χ2n) is 3.91. The molecule has 0 aromatic heterocycles. The van der Waals surface area contributed by atoms with E-state index in [9.17, 15) is 0 Å². The van der Waals surface area contributed by atoms with Gasteiger partial charge in [-0.15, -0.1) is 0 Å². The summed E-state index contributed by atoms with van der Waals surface area (Å²) in [6.45, 7) is 10.9. The Labute approximate surface area is 100 Å². The van der Waals surface area contributed by atoms with Crippen LogP contribution in [0.25, 0.3) is 5.57 Å².